The number of unbranched alkanes of at least 4 members (excludes halogenated alkanes) is 16. The van der Waals surface area contributed by atoms with E-state index in [4.69, 9.17) is 4.52 Å². The number of hydrogen-bond acceptors (Lipinski definition) is 2. The molecule has 3 heteroatoms. The van der Waals surface area contributed by atoms with Gasteiger partial charge < -0.3 is 0 Å². The van der Waals surface area contributed by atoms with Crippen molar-refractivity contribution in [3.05, 3.63) is 0 Å². The zero-order valence-electron chi connectivity index (χ0n) is 26.0. The van der Waals surface area contributed by atoms with Crippen LogP contribution in [0.3, 0.4) is 0 Å². The van der Waals surface area contributed by atoms with Crippen LogP contribution < -0.4 is 0 Å². The molecule has 0 aromatic carbocycles. The summed E-state index contributed by atoms with van der Waals surface area (Å²) in [5, 5.41) is 0. The molecule has 0 aliphatic heterocycles. The topological polar surface area (TPSA) is 26.3 Å². The van der Waals surface area contributed by atoms with Gasteiger partial charge >= 0.3 is 229 Å². The average molecular weight is 529 g/mol. The molecule has 218 valence electrons. The molecule has 0 saturated heterocycles. The fraction of sp³-hybridized carbons (Fsp3) is 0.970. The fourth-order valence-corrected chi connectivity index (χ4v) is 10.8. The molecule has 0 aliphatic rings. The summed E-state index contributed by atoms with van der Waals surface area (Å²) < 4.78 is 6.95. The summed E-state index contributed by atoms with van der Waals surface area (Å²) >= 11 is 0. The van der Waals surface area contributed by atoms with Crippen LogP contribution in [0.15, 0.2) is 0 Å². The van der Waals surface area contributed by atoms with Crippen molar-refractivity contribution in [3.8, 4) is 0 Å². The van der Waals surface area contributed by atoms with Gasteiger partial charge in [-0.25, -0.2) is 0 Å². The Kier molecular flexibility index (Phi) is 22.8. The molecule has 1 unspecified atom stereocenters. The van der Waals surface area contributed by atoms with Crippen LogP contribution in [0.2, 0.25) is 0 Å². The van der Waals surface area contributed by atoms with Gasteiger partial charge in [0.15, 0.2) is 0 Å². The van der Waals surface area contributed by atoms with E-state index in [-0.39, 0.29) is 11.9 Å². The second-order valence-electron chi connectivity index (χ2n) is 12.3. The van der Waals surface area contributed by atoms with Gasteiger partial charge in [0, 0.05) is 0 Å². The van der Waals surface area contributed by atoms with Gasteiger partial charge in [-0.1, -0.05) is 0 Å². The third-order valence-corrected chi connectivity index (χ3v) is 14.0. The molecule has 0 saturated carbocycles. The van der Waals surface area contributed by atoms with Gasteiger partial charge in [0.1, 0.15) is 0 Å². The van der Waals surface area contributed by atoms with Crippen LogP contribution >= 0.6 is 6.83 Å². The zero-order chi connectivity index (χ0) is 27.0. The maximum absolute atomic E-state index is 13.6. The van der Waals surface area contributed by atoms with Gasteiger partial charge in [-0.2, -0.15) is 0 Å². The molecule has 0 fully saturated rings. The van der Waals surface area contributed by atoms with E-state index in [2.05, 4.69) is 41.3 Å². The van der Waals surface area contributed by atoms with E-state index in [1.54, 1.807) is 0 Å². The Morgan fingerprint density at radius 3 is 1.19 bits per heavy atom. The normalized spacial score (nSPS) is 13.9. The first kappa shape index (κ1) is 35.9. The number of carbonyl (C=O) groups is 1. The first-order chi connectivity index (χ1) is 17.4. The molecule has 0 rings (SSSR count). The van der Waals surface area contributed by atoms with Crippen molar-refractivity contribution >= 4 is 12.8 Å². The van der Waals surface area contributed by atoms with E-state index in [0.717, 1.165) is 25.7 Å². The minimum atomic E-state index is -2.53. The van der Waals surface area contributed by atoms with E-state index < -0.39 is 6.83 Å². The standard InChI is InChI=1S/C33H69O2P/c1-7-12-16-19-22-25-29-36(6,30-26-23-20-17-13-8-2,31-27-24-21-18-14-9-3)35-33(34)32(11-5)28-15-10-4/h32H,7-31H2,1-6H3. The molecule has 0 aromatic rings. The summed E-state index contributed by atoms with van der Waals surface area (Å²) in [4.78, 5) is 13.6. The zero-order valence-corrected chi connectivity index (χ0v) is 26.9. The van der Waals surface area contributed by atoms with Crippen LogP contribution in [0.25, 0.3) is 0 Å². The summed E-state index contributed by atoms with van der Waals surface area (Å²) in [5.74, 6) is 0.263. The molecule has 0 N–H and O–H groups in total. The average Bonchev–Trinajstić information content (AvgIpc) is 2.86. The summed E-state index contributed by atoms with van der Waals surface area (Å²) in [6.45, 7) is 11.3. The van der Waals surface area contributed by atoms with Crippen LogP contribution in [-0.2, 0) is 9.32 Å². The first-order valence-corrected chi connectivity index (χ1v) is 19.8. The van der Waals surface area contributed by atoms with Crippen LogP contribution in [0, 0.1) is 5.92 Å². The first-order valence-electron chi connectivity index (χ1n) is 16.6. The number of hydrogen-bond donors (Lipinski definition) is 0. The van der Waals surface area contributed by atoms with Crippen LogP contribution in [0.4, 0.5) is 0 Å². The van der Waals surface area contributed by atoms with E-state index in [0.29, 0.717) is 0 Å². The van der Waals surface area contributed by atoms with Crippen LogP contribution in [0.5, 0.6) is 0 Å². The Bertz CT molecular complexity index is 460. The van der Waals surface area contributed by atoms with Gasteiger partial charge in [0.25, 0.3) is 0 Å². The van der Waals surface area contributed by atoms with Crippen molar-refractivity contribution in [2.24, 2.45) is 5.92 Å². The van der Waals surface area contributed by atoms with Gasteiger partial charge in [-0.15, -0.1) is 0 Å². The van der Waals surface area contributed by atoms with E-state index in [9.17, 15) is 4.79 Å². The molecule has 2 nitrogen and oxygen atoms in total. The fourth-order valence-electron chi connectivity index (χ4n) is 5.78. The van der Waals surface area contributed by atoms with Gasteiger partial charge in [0.2, 0.25) is 0 Å². The molecule has 0 radical (unpaired) electrons. The Labute approximate surface area is 228 Å². The van der Waals surface area contributed by atoms with Crippen LogP contribution in [0.1, 0.15) is 176 Å². The predicted molar refractivity (Wildman–Crippen MR) is 167 cm³/mol. The molecule has 0 bridgehead atoms. The monoisotopic (exact) mass is 529 g/mol. The van der Waals surface area contributed by atoms with Crippen molar-refractivity contribution in [1.82, 2.24) is 0 Å². The van der Waals surface area contributed by atoms with Gasteiger partial charge in [-0.05, 0) is 0 Å². The van der Waals surface area contributed by atoms with Crippen molar-refractivity contribution in [3.63, 3.8) is 0 Å². The molecular formula is C33H69O2P. The van der Waals surface area contributed by atoms with Crippen molar-refractivity contribution in [1.29, 1.82) is 0 Å². The number of rotatable bonds is 27. The molecular weight excluding hydrogens is 459 g/mol. The Balaban J connectivity index is 5.49. The van der Waals surface area contributed by atoms with Crippen molar-refractivity contribution < 1.29 is 9.32 Å². The maximum atomic E-state index is 13.6. The second kappa shape index (κ2) is 22.8. The molecule has 0 aliphatic carbocycles. The van der Waals surface area contributed by atoms with E-state index >= 15 is 0 Å². The SMILES string of the molecule is CCCCCCCCP(C)(CCCCCCCC)(CCCCCCCC)OC(=O)C(CC)CCCC. The van der Waals surface area contributed by atoms with Crippen LogP contribution in [-0.4, -0.2) is 31.1 Å². The van der Waals surface area contributed by atoms with Gasteiger partial charge in [0.05, 0.1) is 0 Å². The van der Waals surface area contributed by atoms with Crippen molar-refractivity contribution in [2.75, 3.05) is 25.2 Å². The van der Waals surface area contributed by atoms with Gasteiger partial charge in [-0.3, -0.25) is 0 Å². The number of carbonyl (C=O) groups excluding carboxylic acids is 1. The quantitative estimate of drug-likeness (QED) is 0.0782. The van der Waals surface area contributed by atoms with E-state index in [1.165, 1.54) is 134 Å². The molecule has 1 atom stereocenters. The third kappa shape index (κ3) is 17.4. The molecule has 0 spiro atoms. The molecule has 0 amide bonds. The second-order valence-corrected chi connectivity index (χ2v) is 18.2. The Hall–Kier alpha value is -0.100. The van der Waals surface area contributed by atoms with E-state index in [1.807, 2.05) is 0 Å². The summed E-state index contributed by atoms with van der Waals surface area (Å²) in [7, 11) is 0. The molecule has 0 aromatic heterocycles. The summed E-state index contributed by atoms with van der Waals surface area (Å²) in [5.41, 5.74) is 0. The minimum absolute atomic E-state index is 0.102. The predicted octanol–water partition coefficient (Wildman–Crippen LogP) is 11.9. The Morgan fingerprint density at radius 2 is 0.861 bits per heavy atom. The molecule has 0 heterocycles. The molecule has 36 heavy (non-hydrogen) atoms. The Morgan fingerprint density at radius 1 is 0.528 bits per heavy atom. The summed E-state index contributed by atoms with van der Waals surface area (Å²) in [6.07, 6.45) is 31.5. The van der Waals surface area contributed by atoms with Crippen molar-refractivity contribution in [2.45, 2.75) is 176 Å². The third-order valence-electron chi connectivity index (χ3n) is 8.54. The summed E-state index contributed by atoms with van der Waals surface area (Å²) in [6, 6.07) is 0.